The van der Waals surface area contributed by atoms with E-state index in [0.29, 0.717) is 16.9 Å². The molecule has 0 amide bonds. The predicted molar refractivity (Wildman–Crippen MR) is 98.8 cm³/mol. The van der Waals surface area contributed by atoms with Gasteiger partial charge in [-0.1, -0.05) is 39.8 Å². The number of benzene rings is 2. The summed E-state index contributed by atoms with van der Waals surface area (Å²) in [6.45, 7) is 8.98. The maximum atomic E-state index is 12.5. The van der Waals surface area contributed by atoms with Gasteiger partial charge in [0.2, 0.25) is 0 Å². The van der Waals surface area contributed by atoms with E-state index in [0.717, 1.165) is 12.7 Å². The highest BCUT2D eigenvalue weighted by Crippen LogP contribution is 2.49. The van der Waals surface area contributed by atoms with Crippen molar-refractivity contribution in [1.29, 1.82) is 0 Å². The Morgan fingerprint density at radius 1 is 1.00 bits per heavy atom. The molecule has 0 atom stereocenters. The van der Waals surface area contributed by atoms with Crippen molar-refractivity contribution in [2.45, 2.75) is 44.9 Å². The summed E-state index contributed by atoms with van der Waals surface area (Å²) in [5.41, 5.74) is 4.08. The summed E-state index contributed by atoms with van der Waals surface area (Å²) in [6, 6.07) is 12.8. The van der Waals surface area contributed by atoms with Gasteiger partial charge in [0.15, 0.2) is 12.4 Å². The highest BCUT2D eigenvalue weighted by atomic mass is 16.5. The molecule has 0 radical (unpaired) electrons. The molecule has 3 heteroatoms. The second-order valence-electron chi connectivity index (χ2n) is 8.10. The topological polar surface area (TPSA) is 43.4 Å². The third-order valence-electron chi connectivity index (χ3n) is 5.07. The Kier molecular flexibility index (Phi) is 4.28. The van der Waals surface area contributed by atoms with E-state index < -0.39 is 0 Å². The largest absolute Gasteiger partial charge is 0.485 e. The van der Waals surface area contributed by atoms with Crippen LogP contribution in [0.25, 0.3) is 0 Å². The molecular formula is C22H24O3. The van der Waals surface area contributed by atoms with Gasteiger partial charge in [-0.2, -0.15) is 0 Å². The number of rotatable bonds is 5. The zero-order chi connectivity index (χ0) is 18.2. The summed E-state index contributed by atoms with van der Waals surface area (Å²) >= 11 is 0. The Morgan fingerprint density at radius 2 is 1.64 bits per heavy atom. The maximum Gasteiger partial charge on any atom is 0.200 e. The fraction of sp³-hybridized carbons (Fsp3) is 0.364. The molecule has 0 saturated heterocycles. The van der Waals surface area contributed by atoms with Gasteiger partial charge in [0.05, 0.1) is 0 Å². The van der Waals surface area contributed by atoms with E-state index in [1.165, 1.54) is 11.1 Å². The second-order valence-corrected chi connectivity index (χ2v) is 8.10. The van der Waals surface area contributed by atoms with Crippen LogP contribution in [0, 0.1) is 0 Å². The van der Waals surface area contributed by atoms with E-state index in [1.807, 2.05) is 12.1 Å². The number of aldehydes is 1. The fourth-order valence-corrected chi connectivity index (χ4v) is 4.04. The van der Waals surface area contributed by atoms with Gasteiger partial charge >= 0.3 is 0 Å². The number of Topliss-reactive ketones (excluding diaryl/α,β-unsaturated/α-hetero) is 1. The number of hydrogen-bond donors (Lipinski definition) is 0. The Bertz CT molecular complexity index is 814. The molecule has 0 bridgehead atoms. The van der Waals surface area contributed by atoms with E-state index in [2.05, 4.69) is 33.8 Å². The monoisotopic (exact) mass is 336 g/mol. The lowest BCUT2D eigenvalue weighted by Crippen LogP contribution is -2.18. The van der Waals surface area contributed by atoms with Gasteiger partial charge in [-0.05, 0) is 58.7 Å². The van der Waals surface area contributed by atoms with E-state index in [1.54, 1.807) is 24.3 Å². The first-order valence-electron chi connectivity index (χ1n) is 8.59. The minimum absolute atomic E-state index is 0.0109. The number of ether oxygens (including phenoxy) is 1. The minimum atomic E-state index is -0.0391. The third-order valence-corrected chi connectivity index (χ3v) is 5.07. The highest BCUT2D eigenvalue weighted by molar-refractivity contribution is 5.97. The molecular weight excluding hydrogens is 312 g/mol. The molecule has 0 aliphatic heterocycles. The van der Waals surface area contributed by atoms with Crippen LogP contribution in [-0.4, -0.2) is 18.7 Å². The van der Waals surface area contributed by atoms with E-state index >= 15 is 0 Å². The van der Waals surface area contributed by atoms with Crippen molar-refractivity contribution >= 4 is 12.1 Å². The third kappa shape index (κ3) is 3.37. The molecule has 2 aromatic rings. The van der Waals surface area contributed by atoms with Gasteiger partial charge in [0.25, 0.3) is 0 Å². The number of carbonyl (C=O) groups is 2. The van der Waals surface area contributed by atoms with Gasteiger partial charge < -0.3 is 4.74 Å². The molecule has 130 valence electrons. The smallest absolute Gasteiger partial charge is 0.200 e. The van der Waals surface area contributed by atoms with Gasteiger partial charge in [-0.3, -0.25) is 9.59 Å². The van der Waals surface area contributed by atoms with Crippen molar-refractivity contribution in [3.8, 4) is 5.75 Å². The SMILES string of the molecule is CC1(C)CC(C)(C)c2cc(C(=O)COc3ccc(C=O)cc3)ccc21. The summed E-state index contributed by atoms with van der Waals surface area (Å²) in [4.78, 5) is 23.2. The Morgan fingerprint density at radius 3 is 2.28 bits per heavy atom. The zero-order valence-electron chi connectivity index (χ0n) is 15.3. The summed E-state index contributed by atoms with van der Waals surface area (Å²) in [6.07, 6.45) is 1.86. The molecule has 0 spiro atoms. The molecule has 1 aliphatic rings. The average Bonchev–Trinajstić information content (AvgIpc) is 2.77. The van der Waals surface area contributed by atoms with Crippen molar-refractivity contribution in [2.75, 3.05) is 6.61 Å². The normalized spacial score (nSPS) is 17.0. The summed E-state index contributed by atoms with van der Waals surface area (Å²) in [7, 11) is 0. The van der Waals surface area contributed by atoms with Crippen LogP contribution in [0.15, 0.2) is 42.5 Å². The Balaban J connectivity index is 1.76. The van der Waals surface area contributed by atoms with Crippen molar-refractivity contribution in [2.24, 2.45) is 0 Å². The number of hydrogen-bond acceptors (Lipinski definition) is 3. The van der Waals surface area contributed by atoms with Crippen molar-refractivity contribution in [1.82, 2.24) is 0 Å². The van der Waals surface area contributed by atoms with Gasteiger partial charge in [0, 0.05) is 11.1 Å². The molecule has 0 unspecified atom stereocenters. The Hall–Kier alpha value is -2.42. The molecule has 25 heavy (non-hydrogen) atoms. The molecule has 2 aromatic carbocycles. The highest BCUT2D eigenvalue weighted by Gasteiger charge is 2.41. The summed E-state index contributed by atoms with van der Waals surface area (Å²) in [5, 5.41) is 0. The lowest BCUT2D eigenvalue weighted by atomic mass is 9.82. The molecule has 3 nitrogen and oxygen atoms in total. The molecule has 0 aromatic heterocycles. The van der Waals surface area contributed by atoms with Crippen LogP contribution in [0.4, 0.5) is 0 Å². The van der Waals surface area contributed by atoms with E-state index in [4.69, 9.17) is 4.74 Å². The minimum Gasteiger partial charge on any atom is -0.485 e. The zero-order valence-corrected chi connectivity index (χ0v) is 15.3. The van der Waals surface area contributed by atoms with Crippen molar-refractivity contribution in [3.63, 3.8) is 0 Å². The fourth-order valence-electron chi connectivity index (χ4n) is 4.04. The molecule has 1 aliphatic carbocycles. The van der Waals surface area contributed by atoms with Crippen LogP contribution >= 0.6 is 0 Å². The van der Waals surface area contributed by atoms with Crippen LogP contribution in [0.5, 0.6) is 5.75 Å². The average molecular weight is 336 g/mol. The van der Waals surface area contributed by atoms with Gasteiger partial charge in [-0.25, -0.2) is 0 Å². The second kappa shape index (κ2) is 6.14. The molecule has 3 rings (SSSR count). The maximum absolute atomic E-state index is 12.5. The lowest BCUT2D eigenvalue weighted by Gasteiger charge is -2.22. The van der Waals surface area contributed by atoms with Gasteiger partial charge in [0.1, 0.15) is 12.0 Å². The predicted octanol–water partition coefficient (Wildman–Crippen LogP) is 4.72. The Labute approximate surface area is 149 Å². The van der Waals surface area contributed by atoms with Gasteiger partial charge in [-0.15, -0.1) is 0 Å². The van der Waals surface area contributed by atoms with Crippen LogP contribution < -0.4 is 4.74 Å². The number of ketones is 1. The molecule has 0 saturated carbocycles. The molecule has 0 heterocycles. The van der Waals surface area contributed by atoms with Crippen molar-refractivity contribution in [3.05, 3.63) is 64.7 Å². The molecule has 0 fully saturated rings. The quantitative estimate of drug-likeness (QED) is 0.586. The summed E-state index contributed by atoms with van der Waals surface area (Å²) < 4.78 is 5.57. The number of carbonyl (C=O) groups excluding carboxylic acids is 2. The van der Waals surface area contributed by atoms with Crippen LogP contribution in [-0.2, 0) is 10.8 Å². The first kappa shape index (κ1) is 17.4. The number of fused-ring (bicyclic) bond motifs is 1. The first-order valence-corrected chi connectivity index (χ1v) is 8.59. The van der Waals surface area contributed by atoms with E-state index in [9.17, 15) is 9.59 Å². The first-order chi connectivity index (χ1) is 11.7. The molecule has 0 N–H and O–H groups in total. The standard InChI is InChI=1S/C22H24O3/c1-21(2)14-22(3,4)19-11-16(7-10-18(19)21)20(24)13-25-17-8-5-15(12-23)6-9-17/h5-12H,13-14H2,1-4H3. The van der Waals surface area contributed by atoms with Crippen LogP contribution in [0.1, 0.15) is 66.0 Å². The lowest BCUT2D eigenvalue weighted by molar-refractivity contribution is 0.0921. The van der Waals surface area contributed by atoms with Crippen LogP contribution in [0.2, 0.25) is 0 Å². The summed E-state index contributed by atoms with van der Waals surface area (Å²) in [5.74, 6) is 0.546. The van der Waals surface area contributed by atoms with Crippen LogP contribution in [0.3, 0.4) is 0 Å². The van der Waals surface area contributed by atoms with Crippen molar-refractivity contribution < 1.29 is 14.3 Å². The van der Waals surface area contributed by atoms with E-state index in [-0.39, 0.29) is 23.2 Å².